The van der Waals surface area contributed by atoms with Crippen LogP contribution in [0.3, 0.4) is 0 Å². The van der Waals surface area contributed by atoms with E-state index < -0.39 is 5.82 Å². The van der Waals surface area contributed by atoms with Gasteiger partial charge in [-0.2, -0.15) is 0 Å². The van der Waals surface area contributed by atoms with Gasteiger partial charge in [-0.1, -0.05) is 36.8 Å². The Morgan fingerprint density at radius 2 is 1.84 bits per heavy atom. The molecule has 0 spiro atoms. The van der Waals surface area contributed by atoms with Crippen LogP contribution in [-0.4, -0.2) is 6.29 Å². The molecule has 1 fully saturated rings. The Balaban J connectivity index is 1.97. The third kappa shape index (κ3) is 2.30. The minimum absolute atomic E-state index is 0.110. The van der Waals surface area contributed by atoms with E-state index in [4.69, 9.17) is 0 Å². The molecule has 2 heteroatoms. The summed E-state index contributed by atoms with van der Waals surface area (Å²) in [4.78, 5) is 10.6. The molecule has 0 aromatic heterocycles. The monoisotopic (exact) mass is 254 g/mol. The van der Waals surface area contributed by atoms with Crippen LogP contribution in [0.5, 0.6) is 0 Å². The first-order valence-corrected chi connectivity index (χ1v) is 6.63. The third-order valence-electron chi connectivity index (χ3n) is 3.92. The van der Waals surface area contributed by atoms with Crippen LogP contribution in [0.2, 0.25) is 0 Å². The van der Waals surface area contributed by atoms with Crippen molar-refractivity contribution in [2.24, 2.45) is 0 Å². The molecule has 0 radical (unpaired) electrons. The first kappa shape index (κ1) is 12.1. The molecule has 0 bridgehead atoms. The second kappa shape index (κ2) is 4.96. The zero-order valence-electron chi connectivity index (χ0n) is 10.6. The molecule has 0 heterocycles. The van der Waals surface area contributed by atoms with Gasteiger partial charge in [0.15, 0.2) is 6.29 Å². The standard InChI is InChI=1S/C17H15FO/c18-17-10-15(7-8-16(17)11-19)14-6-2-5-13(9-14)12-3-1-4-12/h2,5-12H,1,3-4H2. The van der Waals surface area contributed by atoms with Crippen molar-refractivity contribution in [3.8, 4) is 11.1 Å². The van der Waals surface area contributed by atoms with E-state index in [1.54, 1.807) is 6.07 Å². The van der Waals surface area contributed by atoms with Crippen LogP contribution in [0.1, 0.15) is 41.1 Å². The predicted octanol–water partition coefficient (Wildman–Crippen LogP) is 4.57. The lowest BCUT2D eigenvalue weighted by molar-refractivity contribution is 0.112. The maximum absolute atomic E-state index is 13.6. The molecular weight excluding hydrogens is 239 g/mol. The van der Waals surface area contributed by atoms with Gasteiger partial charge in [0.05, 0.1) is 5.56 Å². The maximum Gasteiger partial charge on any atom is 0.152 e. The van der Waals surface area contributed by atoms with Crippen molar-refractivity contribution in [2.45, 2.75) is 25.2 Å². The molecule has 3 rings (SSSR count). The number of aldehydes is 1. The summed E-state index contributed by atoms with van der Waals surface area (Å²) in [6.45, 7) is 0. The van der Waals surface area contributed by atoms with Gasteiger partial charge >= 0.3 is 0 Å². The van der Waals surface area contributed by atoms with Crippen LogP contribution in [0.15, 0.2) is 42.5 Å². The molecule has 0 atom stereocenters. The Morgan fingerprint density at radius 3 is 2.47 bits per heavy atom. The van der Waals surface area contributed by atoms with Crippen LogP contribution in [0.4, 0.5) is 4.39 Å². The maximum atomic E-state index is 13.6. The molecular formula is C17H15FO. The molecule has 2 aromatic rings. The zero-order valence-corrected chi connectivity index (χ0v) is 10.6. The van der Waals surface area contributed by atoms with Crippen molar-refractivity contribution in [3.05, 3.63) is 59.4 Å². The topological polar surface area (TPSA) is 17.1 Å². The van der Waals surface area contributed by atoms with Gasteiger partial charge in [0, 0.05) is 0 Å². The summed E-state index contributed by atoms with van der Waals surface area (Å²) in [6, 6.07) is 13.1. The summed E-state index contributed by atoms with van der Waals surface area (Å²) in [6.07, 6.45) is 4.35. The molecule has 0 saturated heterocycles. The Morgan fingerprint density at radius 1 is 1.05 bits per heavy atom. The van der Waals surface area contributed by atoms with Crippen molar-refractivity contribution in [3.63, 3.8) is 0 Å². The predicted molar refractivity (Wildman–Crippen MR) is 73.8 cm³/mol. The van der Waals surface area contributed by atoms with Crippen LogP contribution < -0.4 is 0 Å². The van der Waals surface area contributed by atoms with Gasteiger partial charge in [0.2, 0.25) is 0 Å². The molecule has 19 heavy (non-hydrogen) atoms. The van der Waals surface area contributed by atoms with E-state index in [-0.39, 0.29) is 5.56 Å². The quantitative estimate of drug-likeness (QED) is 0.733. The van der Waals surface area contributed by atoms with Crippen molar-refractivity contribution >= 4 is 6.29 Å². The lowest BCUT2D eigenvalue weighted by Crippen LogP contribution is -2.08. The number of hydrogen-bond acceptors (Lipinski definition) is 1. The highest BCUT2D eigenvalue weighted by Gasteiger charge is 2.19. The number of hydrogen-bond donors (Lipinski definition) is 0. The summed E-state index contributed by atoms with van der Waals surface area (Å²) >= 11 is 0. The summed E-state index contributed by atoms with van der Waals surface area (Å²) in [5.74, 6) is 0.209. The first-order chi connectivity index (χ1) is 9.28. The van der Waals surface area contributed by atoms with Gasteiger partial charge in [-0.15, -0.1) is 0 Å². The molecule has 1 aliphatic rings. The van der Waals surface area contributed by atoms with Crippen LogP contribution in [-0.2, 0) is 0 Å². The highest BCUT2D eigenvalue weighted by Crippen LogP contribution is 2.37. The lowest BCUT2D eigenvalue weighted by atomic mass is 9.79. The van der Waals surface area contributed by atoms with Crippen molar-refractivity contribution < 1.29 is 9.18 Å². The molecule has 0 aliphatic heterocycles. The molecule has 96 valence electrons. The summed E-state index contributed by atoms with van der Waals surface area (Å²) in [7, 11) is 0. The van der Waals surface area contributed by atoms with Gasteiger partial charge in [-0.05, 0) is 47.6 Å². The van der Waals surface area contributed by atoms with Crippen LogP contribution in [0, 0.1) is 5.82 Å². The van der Waals surface area contributed by atoms with Gasteiger partial charge < -0.3 is 0 Å². The molecule has 1 nitrogen and oxygen atoms in total. The Bertz CT molecular complexity index is 614. The summed E-state index contributed by atoms with van der Waals surface area (Å²) < 4.78 is 13.6. The van der Waals surface area contributed by atoms with Crippen molar-refractivity contribution in [1.29, 1.82) is 0 Å². The van der Waals surface area contributed by atoms with Crippen molar-refractivity contribution in [1.82, 2.24) is 0 Å². The molecule has 0 N–H and O–H groups in total. The third-order valence-corrected chi connectivity index (χ3v) is 3.92. The van der Waals surface area contributed by atoms with E-state index in [2.05, 4.69) is 12.1 Å². The number of benzene rings is 2. The number of rotatable bonds is 3. The fourth-order valence-electron chi connectivity index (χ4n) is 2.52. The van der Waals surface area contributed by atoms with Gasteiger partial charge in [0.1, 0.15) is 5.82 Å². The van der Waals surface area contributed by atoms with Crippen molar-refractivity contribution in [2.75, 3.05) is 0 Å². The van der Waals surface area contributed by atoms with Crippen LogP contribution in [0.25, 0.3) is 11.1 Å². The zero-order chi connectivity index (χ0) is 13.2. The number of carbonyl (C=O) groups is 1. The fourth-order valence-corrected chi connectivity index (χ4v) is 2.52. The van der Waals surface area contributed by atoms with E-state index in [1.807, 2.05) is 12.1 Å². The first-order valence-electron chi connectivity index (χ1n) is 6.63. The van der Waals surface area contributed by atoms with Crippen LogP contribution >= 0.6 is 0 Å². The summed E-state index contributed by atoms with van der Waals surface area (Å²) in [5.41, 5.74) is 3.28. The van der Waals surface area contributed by atoms with Gasteiger partial charge in [0.25, 0.3) is 0 Å². The minimum Gasteiger partial charge on any atom is -0.298 e. The smallest absolute Gasteiger partial charge is 0.152 e. The van der Waals surface area contributed by atoms with E-state index in [9.17, 15) is 9.18 Å². The van der Waals surface area contributed by atoms with Gasteiger partial charge in [-0.3, -0.25) is 4.79 Å². The second-order valence-corrected chi connectivity index (χ2v) is 5.11. The normalized spacial score (nSPS) is 15.0. The molecule has 0 unspecified atom stereocenters. The average molecular weight is 254 g/mol. The highest BCUT2D eigenvalue weighted by atomic mass is 19.1. The molecule has 2 aromatic carbocycles. The molecule has 0 amide bonds. The SMILES string of the molecule is O=Cc1ccc(-c2cccc(C3CCC3)c2)cc1F. The average Bonchev–Trinajstić information content (AvgIpc) is 2.37. The summed E-state index contributed by atoms with van der Waals surface area (Å²) in [5, 5.41) is 0. The Hall–Kier alpha value is -1.96. The number of carbonyl (C=O) groups excluding carboxylic acids is 1. The van der Waals surface area contributed by atoms with E-state index >= 15 is 0 Å². The van der Waals surface area contributed by atoms with E-state index in [1.165, 1.54) is 37.0 Å². The lowest BCUT2D eigenvalue weighted by Gasteiger charge is -2.26. The van der Waals surface area contributed by atoms with E-state index in [0.717, 1.165) is 11.1 Å². The number of halogens is 1. The van der Waals surface area contributed by atoms with E-state index in [0.29, 0.717) is 12.2 Å². The Labute approximate surface area is 112 Å². The molecule has 1 aliphatic carbocycles. The Kier molecular flexibility index (Phi) is 3.16. The minimum atomic E-state index is -0.457. The largest absolute Gasteiger partial charge is 0.298 e. The fraction of sp³-hybridized carbons (Fsp3) is 0.235. The molecule has 1 saturated carbocycles. The second-order valence-electron chi connectivity index (χ2n) is 5.11. The van der Waals surface area contributed by atoms with Gasteiger partial charge in [-0.25, -0.2) is 4.39 Å². The highest BCUT2D eigenvalue weighted by molar-refractivity contribution is 5.77.